The fraction of sp³-hybridized carbons (Fsp3) is 0.588. The molecule has 1 N–H and O–H groups in total. The average Bonchev–Trinajstić information content (AvgIpc) is 2.46. The van der Waals surface area contributed by atoms with E-state index in [1.807, 2.05) is 11.8 Å². The Balaban J connectivity index is 1.99. The molecule has 1 amide bonds. The zero-order chi connectivity index (χ0) is 16.3. The van der Waals surface area contributed by atoms with Crippen LogP contribution in [0.3, 0.4) is 0 Å². The molecule has 0 spiro atoms. The van der Waals surface area contributed by atoms with Crippen molar-refractivity contribution in [3.8, 4) is 5.75 Å². The molecule has 1 heterocycles. The Morgan fingerprint density at radius 2 is 2.05 bits per heavy atom. The molecule has 0 bridgehead atoms. The summed E-state index contributed by atoms with van der Waals surface area (Å²) in [5.74, 6) is 0.835. The van der Waals surface area contributed by atoms with Crippen molar-refractivity contribution >= 4 is 17.5 Å². The summed E-state index contributed by atoms with van der Waals surface area (Å²) < 4.78 is 5.85. The molecule has 1 aliphatic rings. The number of nitrogens with zero attached hydrogens (tertiary/aromatic N) is 1. The van der Waals surface area contributed by atoms with E-state index in [-0.39, 0.29) is 17.9 Å². The first-order valence-electron chi connectivity index (χ1n) is 7.71. The van der Waals surface area contributed by atoms with Crippen LogP contribution in [-0.4, -0.2) is 40.7 Å². The minimum atomic E-state index is -0.942. The lowest BCUT2D eigenvalue weighted by Gasteiger charge is -2.37. The molecule has 1 aromatic carbocycles. The lowest BCUT2D eigenvalue weighted by molar-refractivity contribution is -0.147. The van der Waals surface area contributed by atoms with Gasteiger partial charge in [-0.15, -0.1) is 0 Å². The fourth-order valence-corrected chi connectivity index (χ4v) is 3.01. The SMILES string of the molecule is CC(O)C1CCN(C(=O)C(C)(C)Oc2cccc(Cl)c2)CC1. The van der Waals surface area contributed by atoms with Gasteiger partial charge in [-0.3, -0.25) is 4.79 Å². The number of benzene rings is 1. The molecule has 1 saturated heterocycles. The maximum absolute atomic E-state index is 12.7. The highest BCUT2D eigenvalue weighted by Crippen LogP contribution is 2.26. The van der Waals surface area contributed by atoms with Gasteiger partial charge in [0.15, 0.2) is 5.60 Å². The smallest absolute Gasteiger partial charge is 0.266 e. The van der Waals surface area contributed by atoms with Gasteiger partial charge in [-0.25, -0.2) is 0 Å². The van der Waals surface area contributed by atoms with E-state index in [9.17, 15) is 9.90 Å². The van der Waals surface area contributed by atoms with E-state index in [0.717, 1.165) is 12.8 Å². The van der Waals surface area contributed by atoms with Gasteiger partial charge < -0.3 is 14.7 Å². The van der Waals surface area contributed by atoms with Gasteiger partial charge in [0, 0.05) is 18.1 Å². The molecule has 22 heavy (non-hydrogen) atoms. The standard InChI is InChI=1S/C17H24ClNO3/c1-12(20)13-7-9-19(10-8-13)16(21)17(2,3)22-15-6-4-5-14(18)11-15/h4-6,11-13,20H,7-10H2,1-3H3. The van der Waals surface area contributed by atoms with Crippen LogP contribution in [0.1, 0.15) is 33.6 Å². The van der Waals surface area contributed by atoms with Gasteiger partial charge in [0.1, 0.15) is 5.75 Å². The number of hydrogen-bond donors (Lipinski definition) is 1. The minimum absolute atomic E-state index is 0.0310. The second kappa shape index (κ2) is 6.88. The molecule has 1 unspecified atom stereocenters. The molecule has 1 atom stereocenters. The number of aliphatic hydroxyl groups excluding tert-OH is 1. The first-order chi connectivity index (χ1) is 10.3. The maximum atomic E-state index is 12.7. The van der Waals surface area contributed by atoms with Gasteiger partial charge in [0.25, 0.3) is 5.91 Å². The van der Waals surface area contributed by atoms with Crippen LogP contribution in [-0.2, 0) is 4.79 Å². The van der Waals surface area contributed by atoms with Gasteiger partial charge in [-0.2, -0.15) is 0 Å². The number of hydrogen-bond acceptors (Lipinski definition) is 3. The van der Waals surface area contributed by atoms with E-state index in [4.69, 9.17) is 16.3 Å². The largest absolute Gasteiger partial charge is 0.478 e. The molecule has 1 aromatic rings. The molecule has 0 saturated carbocycles. The van der Waals surface area contributed by atoms with Crippen LogP contribution in [0.5, 0.6) is 5.75 Å². The predicted molar refractivity (Wildman–Crippen MR) is 87.1 cm³/mol. The lowest BCUT2D eigenvalue weighted by atomic mass is 9.91. The molecule has 0 aromatic heterocycles. The summed E-state index contributed by atoms with van der Waals surface area (Å²) in [4.78, 5) is 14.5. The number of piperidine rings is 1. The molecular formula is C17H24ClNO3. The van der Waals surface area contributed by atoms with Gasteiger partial charge in [0.05, 0.1) is 6.10 Å². The third kappa shape index (κ3) is 4.14. The highest BCUT2D eigenvalue weighted by atomic mass is 35.5. The number of carbonyl (C=O) groups is 1. The Kier molecular flexibility index (Phi) is 5.35. The van der Waals surface area contributed by atoms with Gasteiger partial charge >= 0.3 is 0 Å². The van der Waals surface area contributed by atoms with Crippen molar-refractivity contribution in [2.24, 2.45) is 5.92 Å². The summed E-state index contributed by atoms with van der Waals surface area (Å²) >= 11 is 5.95. The number of likely N-dealkylation sites (tertiary alicyclic amines) is 1. The Morgan fingerprint density at radius 3 is 2.59 bits per heavy atom. The highest BCUT2D eigenvalue weighted by molar-refractivity contribution is 6.30. The fourth-order valence-electron chi connectivity index (χ4n) is 2.83. The number of aliphatic hydroxyl groups is 1. The van der Waals surface area contributed by atoms with E-state index in [0.29, 0.717) is 23.9 Å². The van der Waals surface area contributed by atoms with E-state index in [2.05, 4.69) is 0 Å². The monoisotopic (exact) mass is 325 g/mol. The van der Waals surface area contributed by atoms with Crippen molar-refractivity contribution in [2.45, 2.75) is 45.3 Å². The first kappa shape index (κ1) is 17.1. The van der Waals surface area contributed by atoms with Crippen molar-refractivity contribution in [3.05, 3.63) is 29.3 Å². The number of halogens is 1. The van der Waals surface area contributed by atoms with Crippen molar-refractivity contribution < 1.29 is 14.6 Å². The quantitative estimate of drug-likeness (QED) is 0.925. The van der Waals surface area contributed by atoms with Crippen molar-refractivity contribution in [1.82, 2.24) is 4.90 Å². The molecule has 122 valence electrons. The van der Waals surface area contributed by atoms with Crippen molar-refractivity contribution in [3.63, 3.8) is 0 Å². The maximum Gasteiger partial charge on any atom is 0.266 e. The number of amides is 1. The average molecular weight is 326 g/mol. The van der Waals surface area contributed by atoms with Crippen LogP contribution in [0.15, 0.2) is 24.3 Å². The lowest BCUT2D eigenvalue weighted by Crippen LogP contribution is -2.51. The van der Waals surface area contributed by atoms with Crippen molar-refractivity contribution in [1.29, 1.82) is 0 Å². The van der Waals surface area contributed by atoms with Crippen LogP contribution in [0, 0.1) is 5.92 Å². The second-order valence-corrected chi connectivity index (χ2v) is 6.88. The zero-order valence-corrected chi connectivity index (χ0v) is 14.1. The van der Waals surface area contributed by atoms with E-state index in [1.165, 1.54) is 0 Å². The Bertz CT molecular complexity index is 522. The van der Waals surface area contributed by atoms with Crippen LogP contribution in [0.4, 0.5) is 0 Å². The van der Waals surface area contributed by atoms with Gasteiger partial charge in [-0.1, -0.05) is 17.7 Å². The van der Waals surface area contributed by atoms with Crippen LogP contribution >= 0.6 is 11.6 Å². The Hall–Kier alpha value is -1.26. The minimum Gasteiger partial charge on any atom is -0.478 e. The molecule has 2 rings (SSSR count). The third-order valence-electron chi connectivity index (χ3n) is 4.19. The van der Waals surface area contributed by atoms with Crippen molar-refractivity contribution in [2.75, 3.05) is 13.1 Å². The topological polar surface area (TPSA) is 49.8 Å². The summed E-state index contributed by atoms with van der Waals surface area (Å²) in [5, 5.41) is 10.2. The second-order valence-electron chi connectivity index (χ2n) is 6.44. The Labute approximate surface area is 137 Å². The summed E-state index contributed by atoms with van der Waals surface area (Å²) in [5.41, 5.74) is -0.942. The van der Waals surface area contributed by atoms with E-state index in [1.54, 1.807) is 38.1 Å². The van der Waals surface area contributed by atoms with Crippen LogP contribution in [0.25, 0.3) is 0 Å². The molecule has 4 nitrogen and oxygen atoms in total. The van der Waals surface area contributed by atoms with E-state index < -0.39 is 5.60 Å². The molecule has 1 aliphatic heterocycles. The first-order valence-corrected chi connectivity index (χ1v) is 8.09. The zero-order valence-electron chi connectivity index (χ0n) is 13.4. The molecule has 5 heteroatoms. The predicted octanol–water partition coefficient (Wildman–Crippen LogP) is 3.12. The number of rotatable bonds is 4. The van der Waals surface area contributed by atoms with E-state index >= 15 is 0 Å². The summed E-state index contributed by atoms with van der Waals surface area (Å²) in [6, 6.07) is 7.06. The summed E-state index contributed by atoms with van der Waals surface area (Å²) in [7, 11) is 0. The Morgan fingerprint density at radius 1 is 1.41 bits per heavy atom. The molecule has 0 radical (unpaired) electrons. The van der Waals surface area contributed by atoms with Crippen LogP contribution in [0.2, 0.25) is 5.02 Å². The molecule has 0 aliphatic carbocycles. The normalized spacial score (nSPS) is 18.1. The van der Waals surface area contributed by atoms with Gasteiger partial charge in [-0.05, 0) is 57.7 Å². The molecule has 1 fully saturated rings. The van der Waals surface area contributed by atoms with Gasteiger partial charge in [0.2, 0.25) is 0 Å². The summed E-state index contributed by atoms with van der Waals surface area (Å²) in [6.45, 7) is 6.69. The highest BCUT2D eigenvalue weighted by Gasteiger charge is 2.36. The number of carbonyl (C=O) groups excluding carboxylic acids is 1. The summed E-state index contributed by atoms with van der Waals surface area (Å²) in [6.07, 6.45) is 1.35. The van der Waals surface area contributed by atoms with Crippen LogP contribution < -0.4 is 4.74 Å². The number of ether oxygens (including phenoxy) is 1. The third-order valence-corrected chi connectivity index (χ3v) is 4.43. The molecular weight excluding hydrogens is 302 g/mol.